The summed E-state index contributed by atoms with van der Waals surface area (Å²) in [6, 6.07) is 3.51. The van der Waals surface area contributed by atoms with Crippen molar-refractivity contribution in [2.24, 2.45) is 0 Å². The maximum absolute atomic E-state index is 12.4. The zero-order valence-corrected chi connectivity index (χ0v) is 18.2. The third-order valence-electron chi connectivity index (χ3n) is 3.78. The molecule has 0 unspecified atom stereocenters. The molecule has 0 aliphatic rings. The molecular weight excluding hydrogens is 474 g/mol. The predicted molar refractivity (Wildman–Crippen MR) is 105 cm³/mol. The topological polar surface area (TPSA) is 57.5 Å². The van der Waals surface area contributed by atoms with Gasteiger partial charge in [-0.3, -0.25) is 4.79 Å². The molecule has 0 fully saturated rings. The van der Waals surface area contributed by atoms with Crippen LogP contribution in [0.4, 0.5) is 0 Å². The maximum atomic E-state index is 12.4. The average molecular weight is 493 g/mol. The van der Waals surface area contributed by atoms with Gasteiger partial charge in [0.2, 0.25) is 5.78 Å². The zero-order valence-electron chi connectivity index (χ0n) is 14.2. The number of rotatable bonds is 8. The molecule has 0 bridgehead atoms. The molecule has 0 saturated heterocycles. The van der Waals surface area contributed by atoms with Crippen LogP contribution >= 0.6 is 43.2 Å². The number of aryl methyl sites for hydroxylation is 1. The first-order chi connectivity index (χ1) is 11.8. The lowest BCUT2D eigenvalue weighted by atomic mass is 10.1. The van der Waals surface area contributed by atoms with Gasteiger partial charge in [0.1, 0.15) is 4.88 Å². The lowest BCUT2D eigenvalue weighted by Gasteiger charge is -2.09. The number of aromatic nitrogens is 1. The molecule has 0 aliphatic heterocycles. The fourth-order valence-corrected chi connectivity index (χ4v) is 4.45. The second-order valence-electron chi connectivity index (χ2n) is 5.51. The summed E-state index contributed by atoms with van der Waals surface area (Å²) in [5, 5.41) is 0. The van der Waals surface area contributed by atoms with Crippen LogP contribution in [0.25, 0.3) is 0 Å². The summed E-state index contributed by atoms with van der Waals surface area (Å²) in [6.07, 6.45) is 0.873. The SMILES string of the molecule is COCCCn1c(C)cc(C(=O)COC(=O)c2cc(Br)c(Br)s2)c1C. The minimum atomic E-state index is -0.501. The molecule has 136 valence electrons. The number of halogens is 2. The van der Waals surface area contributed by atoms with Crippen LogP contribution < -0.4 is 0 Å². The molecular formula is C17H19Br2NO4S. The molecule has 25 heavy (non-hydrogen) atoms. The van der Waals surface area contributed by atoms with E-state index in [1.54, 1.807) is 13.2 Å². The van der Waals surface area contributed by atoms with Crippen LogP contribution in [-0.4, -0.2) is 36.6 Å². The minimum absolute atomic E-state index is 0.200. The summed E-state index contributed by atoms with van der Waals surface area (Å²) < 4.78 is 13.9. The Morgan fingerprint density at radius 2 is 1.96 bits per heavy atom. The fourth-order valence-electron chi connectivity index (χ4n) is 2.52. The number of nitrogens with zero attached hydrogens (tertiary/aromatic N) is 1. The van der Waals surface area contributed by atoms with E-state index in [1.165, 1.54) is 11.3 Å². The van der Waals surface area contributed by atoms with Crippen LogP contribution in [0, 0.1) is 13.8 Å². The van der Waals surface area contributed by atoms with Gasteiger partial charge >= 0.3 is 5.97 Å². The first-order valence-corrected chi connectivity index (χ1v) is 10.1. The summed E-state index contributed by atoms with van der Waals surface area (Å²) >= 11 is 7.92. The molecule has 8 heteroatoms. The number of Topliss-reactive ketones (excluding diaryl/α,β-unsaturated/α-hetero) is 1. The summed E-state index contributed by atoms with van der Waals surface area (Å²) in [4.78, 5) is 24.9. The van der Waals surface area contributed by atoms with E-state index < -0.39 is 5.97 Å². The Balaban J connectivity index is 2.01. The Labute approximate surface area is 167 Å². The monoisotopic (exact) mass is 491 g/mol. The number of hydrogen-bond acceptors (Lipinski definition) is 5. The molecule has 2 aromatic rings. The second kappa shape index (κ2) is 9.12. The Morgan fingerprint density at radius 1 is 1.24 bits per heavy atom. The molecule has 2 rings (SSSR count). The largest absolute Gasteiger partial charge is 0.453 e. The smallest absolute Gasteiger partial charge is 0.348 e. The number of thiophene rings is 1. The standard InChI is InChI=1S/C17H19Br2NO4S/c1-10-7-12(11(2)20(10)5-4-6-23-3)14(21)9-24-17(22)15-8-13(18)16(19)25-15/h7-8H,4-6,9H2,1-3H3. The van der Waals surface area contributed by atoms with Crippen LogP contribution in [0.15, 0.2) is 20.4 Å². The van der Waals surface area contributed by atoms with Gasteiger partial charge in [0.05, 0.1) is 3.79 Å². The van der Waals surface area contributed by atoms with Gasteiger partial charge in [-0.1, -0.05) is 0 Å². The molecule has 0 aliphatic carbocycles. The first-order valence-electron chi connectivity index (χ1n) is 7.66. The van der Waals surface area contributed by atoms with Crippen LogP contribution in [-0.2, 0) is 16.0 Å². The van der Waals surface area contributed by atoms with Crippen molar-refractivity contribution in [2.75, 3.05) is 20.3 Å². The number of ether oxygens (including phenoxy) is 2. The number of carbonyl (C=O) groups excluding carboxylic acids is 2. The van der Waals surface area contributed by atoms with Crippen molar-refractivity contribution in [3.63, 3.8) is 0 Å². The van der Waals surface area contributed by atoms with Crippen molar-refractivity contribution in [2.45, 2.75) is 26.8 Å². The number of esters is 1. The van der Waals surface area contributed by atoms with E-state index >= 15 is 0 Å². The minimum Gasteiger partial charge on any atom is -0.453 e. The highest BCUT2D eigenvalue weighted by Gasteiger charge is 2.19. The Bertz CT molecular complexity index is 762. The normalized spacial score (nSPS) is 10.9. The molecule has 0 aromatic carbocycles. The van der Waals surface area contributed by atoms with E-state index in [9.17, 15) is 9.59 Å². The van der Waals surface area contributed by atoms with E-state index in [1.807, 2.05) is 19.9 Å². The summed E-state index contributed by atoms with van der Waals surface area (Å²) in [6.45, 7) is 5.06. The van der Waals surface area contributed by atoms with Gasteiger partial charge in [-0.05, 0) is 64.3 Å². The van der Waals surface area contributed by atoms with Gasteiger partial charge in [0, 0.05) is 41.7 Å². The van der Waals surface area contributed by atoms with Crippen molar-refractivity contribution in [3.8, 4) is 0 Å². The van der Waals surface area contributed by atoms with Crippen LogP contribution in [0.5, 0.6) is 0 Å². The lowest BCUT2D eigenvalue weighted by molar-refractivity contribution is 0.0479. The molecule has 0 radical (unpaired) electrons. The van der Waals surface area contributed by atoms with Gasteiger partial charge in [0.15, 0.2) is 6.61 Å². The summed E-state index contributed by atoms with van der Waals surface area (Å²) in [5.41, 5.74) is 2.49. The molecule has 0 atom stereocenters. The molecule has 2 heterocycles. The van der Waals surface area contributed by atoms with Crippen LogP contribution in [0.3, 0.4) is 0 Å². The fraction of sp³-hybridized carbons (Fsp3) is 0.412. The van der Waals surface area contributed by atoms with E-state index in [-0.39, 0.29) is 12.4 Å². The molecule has 0 saturated carbocycles. The maximum Gasteiger partial charge on any atom is 0.348 e. The van der Waals surface area contributed by atoms with Crippen molar-refractivity contribution < 1.29 is 19.1 Å². The quantitative estimate of drug-likeness (QED) is 0.302. The van der Waals surface area contributed by atoms with Crippen LogP contribution in [0.2, 0.25) is 0 Å². The number of carbonyl (C=O) groups is 2. The number of methoxy groups -OCH3 is 1. The second-order valence-corrected chi connectivity index (χ2v) is 8.74. The third kappa shape index (κ3) is 5.03. The van der Waals surface area contributed by atoms with Crippen LogP contribution in [0.1, 0.15) is 37.8 Å². The Morgan fingerprint density at radius 3 is 2.56 bits per heavy atom. The molecule has 2 aromatic heterocycles. The van der Waals surface area contributed by atoms with Gasteiger partial charge in [-0.25, -0.2) is 4.79 Å². The zero-order chi connectivity index (χ0) is 18.6. The van der Waals surface area contributed by atoms with Gasteiger partial charge < -0.3 is 14.0 Å². The highest BCUT2D eigenvalue weighted by Crippen LogP contribution is 2.32. The molecule has 0 N–H and O–H groups in total. The third-order valence-corrected chi connectivity index (χ3v) is 7.02. The molecule has 0 amide bonds. The summed E-state index contributed by atoms with van der Waals surface area (Å²) in [7, 11) is 1.67. The number of ketones is 1. The van der Waals surface area contributed by atoms with E-state index in [2.05, 4.69) is 36.4 Å². The summed E-state index contributed by atoms with van der Waals surface area (Å²) in [5.74, 6) is -0.701. The van der Waals surface area contributed by atoms with Gasteiger partial charge in [-0.15, -0.1) is 11.3 Å². The van der Waals surface area contributed by atoms with Crippen molar-refractivity contribution in [1.82, 2.24) is 4.57 Å². The van der Waals surface area contributed by atoms with E-state index in [4.69, 9.17) is 9.47 Å². The van der Waals surface area contributed by atoms with Gasteiger partial charge in [0.25, 0.3) is 0 Å². The van der Waals surface area contributed by atoms with E-state index in [0.717, 1.165) is 32.6 Å². The van der Waals surface area contributed by atoms with Crippen molar-refractivity contribution >= 4 is 54.9 Å². The lowest BCUT2D eigenvalue weighted by Crippen LogP contribution is -2.14. The first kappa shape index (κ1) is 20.4. The molecule has 5 nitrogen and oxygen atoms in total. The molecule has 0 spiro atoms. The Kier molecular flexibility index (Phi) is 7.42. The average Bonchev–Trinajstić information content (AvgIpc) is 3.06. The van der Waals surface area contributed by atoms with Gasteiger partial charge in [-0.2, -0.15) is 0 Å². The van der Waals surface area contributed by atoms with Crippen molar-refractivity contribution in [1.29, 1.82) is 0 Å². The highest BCUT2D eigenvalue weighted by atomic mass is 79.9. The van der Waals surface area contributed by atoms with E-state index in [0.29, 0.717) is 17.0 Å². The number of hydrogen-bond donors (Lipinski definition) is 0. The predicted octanol–water partition coefficient (Wildman–Crippen LogP) is 4.77. The van der Waals surface area contributed by atoms with Crippen molar-refractivity contribution in [3.05, 3.63) is 42.2 Å². The highest BCUT2D eigenvalue weighted by molar-refractivity contribution is 9.13. The Hall–Kier alpha value is -0.960.